The van der Waals surface area contributed by atoms with Gasteiger partial charge in [-0.25, -0.2) is 4.98 Å². The summed E-state index contributed by atoms with van der Waals surface area (Å²) in [5.41, 5.74) is 1.43. The Labute approximate surface area is 117 Å². The number of benzene rings is 1. The van der Waals surface area contributed by atoms with E-state index >= 15 is 0 Å². The average molecular weight is 273 g/mol. The largest absolute Gasteiger partial charge is 0.378 e. The van der Waals surface area contributed by atoms with Gasteiger partial charge in [-0.05, 0) is 43.4 Å². The molecule has 1 heterocycles. The summed E-state index contributed by atoms with van der Waals surface area (Å²) in [5.74, 6) is 0. The minimum absolute atomic E-state index is 0.117. The Bertz CT molecular complexity index is 623. The third kappa shape index (κ3) is 2.33. The van der Waals surface area contributed by atoms with Gasteiger partial charge in [0, 0.05) is 0 Å². The van der Waals surface area contributed by atoms with E-state index in [2.05, 4.69) is 31.8 Å². The van der Waals surface area contributed by atoms with Gasteiger partial charge in [0.2, 0.25) is 0 Å². The first-order valence-corrected chi connectivity index (χ1v) is 7.46. The lowest BCUT2D eigenvalue weighted by Crippen LogP contribution is -2.34. The molecule has 1 aliphatic rings. The predicted molar refractivity (Wildman–Crippen MR) is 80.3 cm³/mol. The Morgan fingerprint density at radius 1 is 1.26 bits per heavy atom. The van der Waals surface area contributed by atoms with Crippen molar-refractivity contribution in [2.75, 3.05) is 0 Å². The SMILES string of the molecule is CC1=C[C@@](O)(c2nc3ccccc3s2)CC(C)(C)C1. The molecule has 1 atom stereocenters. The van der Waals surface area contributed by atoms with Crippen molar-refractivity contribution >= 4 is 21.6 Å². The van der Waals surface area contributed by atoms with Crippen LogP contribution in [0.1, 0.15) is 38.6 Å². The summed E-state index contributed by atoms with van der Waals surface area (Å²) in [7, 11) is 0. The number of fused-ring (bicyclic) bond motifs is 1. The highest BCUT2D eigenvalue weighted by Crippen LogP contribution is 2.46. The summed E-state index contributed by atoms with van der Waals surface area (Å²) in [6, 6.07) is 8.07. The molecule has 0 bridgehead atoms. The van der Waals surface area contributed by atoms with Crippen molar-refractivity contribution in [3.8, 4) is 0 Å². The number of hydrogen-bond donors (Lipinski definition) is 1. The summed E-state index contributed by atoms with van der Waals surface area (Å²) >= 11 is 1.60. The molecule has 3 rings (SSSR count). The first-order valence-electron chi connectivity index (χ1n) is 6.65. The van der Waals surface area contributed by atoms with Crippen LogP contribution >= 0.6 is 11.3 Å². The van der Waals surface area contributed by atoms with E-state index in [0.717, 1.165) is 28.1 Å². The number of aromatic nitrogens is 1. The number of nitrogens with zero attached hydrogens (tertiary/aromatic N) is 1. The lowest BCUT2D eigenvalue weighted by atomic mass is 9.71. The van der Waals surface area contributed by atoms with Gasteiger partial charge in [-0.2, -0.15) is 0 Å². The van der Waals surface area contributed by atoms with Crippen molar-refractivity contribution in [1.82, 2.24) is 4.98 Å². The van der Waals surface area contributed by atoms with Gasteiger partial charge in [0.05, 0.1) is 10.2 Å². The third-order valence-electron chi connectivity index (χ3n) is 3.65. The molecule has 1 aliphatic carbocycles. The van der Waals surface area contributed by atoms with Crippen molar-refractivity contribution in [3.63, 3.8) is 0 Å². The highest BCUT2D eigenvalue weighted by atomic mass is 32.1. The van der Waals surface area contributed by atoms with Gasteiger partial charge in [-0.1, -0.05) is 31.6 Å². The molecule has 0 saturated carbocycles. The first-order chi connectivity index (χ1) is 8.88. The second-order valence-electron chi connectivity index (χ2n) is 6.42. The van der Waals surface area contributed by atoms with E-state index < -0.39 is 5.60 Å². The van der Waals surface area contributed by atoms with Gasteiger partial charge in [-0.3, -0.25) is 0 Å². The van der Waals surface area contributed by atoms with E-state index in [0.29, 0.717) is 0 Å². The van der Waals surface area contributed by atoms with Gasteiger partial charge >= 0.3 is 0 Å². The van der Waals surface area contributed by atoms with Crippen LogP contribution in [0.3, 0.4) is 0 Å². The average Bonchev–Trinajstić information content (AvgIpc) is 2.69. The number of allylic oxidation sites excluding steroid dienone is 1. The minimum atomic E-state index is -0.907. The smallest absolute Gasteiger partial charge is 0.135 e. The molecule has 0 radical (unpaired) electrons. The summed E-state index contributed by atoms with van der Waals surface area (Å²) in [6.07, 6.45) is 3.77. The van der Waals surface area contributed by atoms with E-state index in [9.17, 15) is 5.11 Å². The fourth-order valence-electron chi connectivity index (χ4n) is 3.25. The molecule has 0 amide bonds. The first kappa shape index (κ1) is 12.8. The van der Waals surface area contributed by atoms with Gasteiger partial charge in [-0.15, -0.1) is 11.3 Å². The van der Waals surface area contributed by atoms with E-state index in [1.54, 1.807) is 11.3 Å². The number of thiazole rings is 1. The van der Waals surface area contributed by atoms with Gasteiger partial charge < -0.3 is 5.11 Å². The fourth-order valence-corrected chi connectivity index (χ4v) is 4.28. The molecule has 0 unspecified atom stereocenters. The Kier molecular flexibility index (Phi) is 2.80. The van der Waals surface area contributed by atoms with Crippen LogP contribution in [-0.4, -0.2) is 10.1 Å². The zero-order valence-corrected chi connectivity index (χ0v) is 12.4. The van der Waals surface area contributed by atoms with Crippen molar-refractivity contribution in [1.29, 1.82) is 0 Å². The Morgan fingerprint density at radius 3 is 2.68 bits per heavy atom. The molecular formula is C16H19NOS. The molecule has 0 saturated heterocycles. The monoisotopic (exact) mass is 273 g/mol. The maximum atomic E-state index is 11.0. The Hall–Kier alpha value is -1.19. The molecular weight excluding hydrogens is 254 g/mol. The third-order valence-corrected chi connectivity index (χ3v) is 4.86. The lowest BCUT2D eigenvalue weighted by Gasteiger charge is -2.38. The van der Waals surface area contributed by atoms with Gasteiger partial charge in [0.1, 0.15) is 10.6 Å². The van der Waals surface area contributed by atoms with Gasteiger partial charge in [0.15, 0.2) is 0 Å². The molecule has 0 aliphatic heterocycles. The summed E-state index contributed by atoms with van der Waals surface area (Å²) < 4.78 is 1.14. The second kappa shape index (κ2) is 4.15. The second-order valence-corrected chi connectivity index (χ2v) is 7.45. The summed E-state index contributed by atoms with van der Waals surface area (Å²) in [5, 5.41) is 11.8. The van der Waals surface area contributed by atoms with Crippen LogP contribution in [0.4, 0.5) is 0 Å². The molecule has 0 fully saturated rings. The number of rotatable bonds is 1. The summed E-state index contributed by atoms with van der Waals surface area (Å²) in [4.78, 5) is 4.63. The zero-order chi connectivity index (χ0) is 13.7. The van der Waals surface area contributed by atoms with E-state index in [1.165, 1.54) is 5.57 Å². The molecule has 0 spiro atoms. The predicted octanol–water partition coefficient (Wildman–Crippen LogP) is 4.25. The van der Waals surface area contributed by atoms with E-state index in [4.69, 9.17) is 0 Å². The maximum absolute atomic E-state index is 11.0. The van der Waals surface area contributed by atoms with Crippen LogP contribution in [0, 0.1) is 5.41 Å². The quantitative estimate of drug-likeness (QED) is 0.788. The van der Waals surface area contributed by atoms with Crippen LogP contribution in [0.15, 0.2) is 35.9 Å². The van der Waals surface area contributed by atoms with Crippen LogP contribution in [0.5, 0.6) is 0 Å². The molecule has 1 N–H and O–H groups in total. The van der Waals surface area contributed by atoms with E-state index in [1.807, 2.05) is 24.3 Å². The van der Waals surface area contributed by atoms with Crippen molar-refractivity contribution in [2.45, 2.75) is 39.2 Å². The molecule has 1 aromatic carbocycles. The maximum Gasteiger partial charge on any atom is 0.135 e. The molecule has 2 aromatic rings. The van der Waals surface area contributed by atoms with Gasteiger partial charge in [0.25, 0.3) is 0 Å². The molecule has 19 heavy (non-hydrogen) atoms. The topological polar surface area (TPSA) is 33.1 Å². The Balaban J connectivity index is 2.11. The molecule has 2 nitrogen and oxygen atoms in total. The van der Waals surface area contributed by atoms with Crippen LogP contribution in [0.2, 0.25) is 0 Å². The highest BCUT2D eigenvalue weighted by Gasteiger charge is 2.40. The standard InChI is InChI=1S/C16H19NOS/c1-11-8-15(2,3)10-16(18,9-11)14-17-12-6-4-5-7-13(12)19-14/h4-7,9,18H,8,10H2,1-3H3/t16-/m0/s1. The van der Waals surface area contributed by atoms with E-state index in [-0.39, 0.29) is 5.41 Å². The zero-order valence-electron chi connectivity index (χ0n) is 11.6. The number of para-hydroxylation sites is 1. The normalized spacial score (nSPS) is 26.4. The van der Waals surface area contributed by atoms with Crippen molar-refractivity contribution < 1.29 is 5.11 Å². The van der Waals surface area contributed by atoms with Crippen LogP contribution < -0.4 is 0 Å². The van der Waals surface area contributed by atoms with Crippen molar-refractivity contribution in [3.05, 3.63) is 40.9 Å². The summed E-state index contributed by atoms with van der Waals surface area (Å²) in [6.45, 7) is 6.52. The fraction of sp³-hybridized carbons (Fsp3) is 0.438. The van der Waals surface area contributed by atoms with Crippen LogP contribution in [-0.2, 0) is 5.60 Å². The lowest BCUT2D eigenvalue weighted by molar-refractivity contribution is 0.0277. The number of hydrogen-bond acceptors (Lipinski definition) is 3. The highest BCUT2D eigenvalue weighted by molar-refractivity contribution is 7.18. The van der Waals surface area contributed by atoms with Crippen molar-refractivity contribution in [2.24, 2.45) is 5.41 Å². The Morgan fingerprint density at radius 2 is 2.00 bits per heavy atom. The molecule has 100 valence electrons. The minimum Gasteiger partial charge on any atom is -0.378 e. The molecule has 3 heteroatoms. The molecule has 1 aromatic heterocycles. The van der Waals surface area contributed by atoms with Crippen LogP contribution in [0.25, 0.3) is 10.2 Å². The number of aliphatic hydroxyl groups is 1.